The van der Waals surface area contributed by atoms with Gasteiger partial charge in [-0.2, -0.15) is 0 Å². The van der Waals surface area contributed by atoms with Gasteiger partial charge in [0.15, 0.2) is 5.13 Å². The van der Waals surface area contributed by atoms with Crippen LogP contribution in [0.3, 0.4) is 0 Å². The normalized spacial score (nSPS) is 10.3. The van der Waals surface area contributed by atoms with Crippen molar-refractivity contribution in [2.45, 2.75) is 13.3 Å². The van der Waals surface area contributed by atoms with Crippen molar-refractivity contribution in [2.75, 3.05) is 12.4 Å². The number of benzene rings is 1. The molecular weight excluding hydrogens is 300 g/mol. The lowest BCUT2D eigenvalue weighted by molar-refractivity contribution is 0.0693. The van der Waals surface area contributed by atoms with Crippen molar-refractivity contribution in [3.05, 3.63) is 33.8 Å². The molecular formula is C13H13ClN2O3S. The molecule has 1 aromatic carbocycles. The molecule has 0 spiro atoms. The first kappa shape index (κ1) is 14.6. The van der Waals surface area contributed by atoms with Crippen LogP contribution in [0.4, 0.5) is 10.8 Å². The molecule has 0 fully saturated rings. The molecule has 106 valence electrons. The van der Waals surface area contributed by atoms with Crippen molar-refractivity contribution in [3.8, 4) is 5.75 Å². The van der Waals surface area contributed by atoms with Crippen LogP contribution < -0.4 is 10.1 Å². The van der Waals surface area contributed by atoms with Gasteiger partial charge in [0.05, 0.1) is 23.5 Å². The number of carboxylic acid groups (broad SMARTS) is 1. The summed E-state index contributed by atoms with van der Waals surface area (Å²) in [5.41, 5.74) is 1.57. The maximum Gasteiger partial charge on any atom is 0.339 e. The molecule has 0 atom stereocenters. The number of carbonyl (C=O) groups is 1. The number of thiazole rings is 1. The lowest BCUT2D eigenvalue weighted by Crippen LogP contribution is -2.02. The van der Waals surface area contributed by atoms with E-state index in [1.807, 2.05) is 12.3 Å². The minimum Gasteiger partial charge on any atom is -0.496 e. The van der Waals surface area contributed by atoms with Gasteiger partial charge >= 0.3 is 5.97 Å². The summed E-state index contributed by atoms with van der Waals surface area (Å²) in [5, 5.41) is 15.1. The number of anilines is 2. The lowest BCUT2D eigenvalue weighted by Gasteiger charge is -2.10. The first-order chi connectivity index (χ1) is 9.55. The molecule has 2 rings (SSSR count). The van der Waals surface area contributed by atoms with Gasteiger partial charge in [0.25, 0.3) is 0 Å². The van der Waals surface area contributed by atoms with Gasteiger partial charge in [-0.05, 0) is 12.5 Å². The van der Waals surface area contributed by atoms with E-state index in [0.29, 0.717) is 15.8 Å². The summed E-state index contributed by atoms with van der Waals surface area (Å²) in [4.78, 5) is 15.4. The third-order valence-electron chi connectivity index (χ3n) is 2.68. The molecule has 0 aliphatic carbocycles. The number of hydrogen-bond acceptors (Lipinski definition) is 5. The van der Waals surface area contributed by atoms with Gasteiger partial charge in [-0.1, -0.05) is 18.5 Å². The molecule has 2 aromatic rings. The summed E-state index contributed by atoms with van der Waals surface area (Å²) in [6, 6.07) is 2.91. The van der Waals surface area contributed by atoms with Gasteiger partial charge < -0.3 is 15.2 Å². The number of nitrogens with one attached hydrogen (secondary N) is 1. The highest BCUT2D eigenvalue weighted by Gasteiger charge is 2.15. The van der Waals surface area contributed by atoms with E-state index >= 15 is 0 Å². The smallest absolute Gasteiger partial charge is 0.339 e. The molecule has 0 aliphatic rings. The van der Waals surface area contributed by atoms with Gasteiger partial charge in [-0.15, -0.1) is 11.3 Å². The molecule has 7 heteroatoms. The van der Waals surface area contributed by atoms with Crippen molar-refractivity contribution in [1.82, 2.24) is 4.98 Å². The second-order valence-corrected chi connectivity index (χ2v) is 5.23. The van der Waals surface area contributed by atoms with Crippen LogP contribution in [-0.2, 0) is 6.42 Å². The summed E-state index contributed by atoms with van der Waals surface area (Å²) in [7, 11) is 1.41. The number of carboxylic acids is 1. The Bertz CT molecular complexity index is 643. The molecule has 0 saturated heterocycles. The van der Waals surface area contributed by atoms with E-state index in [1.54, 1.807) is 6.07 Å². The Kier molecular flexibility index (Phi) is 4.46. The molecule has 0 unspecified atom stereocenters. The van der Waals surface area contributed by atoms with Crippen LogP contribution in [0.1, 0.15) is 23.0 Å². The number of halogens is 1. The summed E-state index contributed by atoms with van der Waals surface area (Å²) in [6.45, 7) is 2.02. The molecule has 0 saturated carbocycles. The minimum atomic E-state index is -1.09. The van der Waals surface area contributed by atoms with Crippen molar-refractivity contribution in [2.24, 2.45) is 0 Å². The predicted molar refractivity (Wildman–Crippen MR) is 79.7 cm³/mol. The van der Waals surface area contributed by atoms with Crippen molar-refractivity contribution in [3.63, 3.8) is 0 Å². The fourth-order valence-corrected chi connectivity index (χ4v) is 2.64. The third kappa shape index (κ3) is 3.02. The number of aromatic nitrogens is 1. The van der Waals surface area contributed by atoms with E-state index in [2.05, 4.69) is 10.3 Å². The Hall–Kier alpha value is -1.79. The van der Waals surface area contributed by atoms with E-state index in [1.165, 1.54) is 24.5 Å². The first-order valence-electron chi connectivity index (χ1n) is 5.87. The first-order valence-corrected chi connectivity index (χ1v) is 7.13. The minimum absolute atomic E-state index is 0.0245. The van der Waals surface area contributed by atoms with E-state index in [4.69, 9.17) is 21.4 Å². The number of hydrogen-bond donors (Lipinski definition) is 2. The van der Waals surface area contributed by atoms with Crippen molar-refractivity contribution >= 4 is 39.7 Å². The number of ether oxygens (including phenoxy) is 1. The Labute approximate surface area is 125 Å². The zero-order valence-corrected chi connectivity index (χ0v) is 12.5. The molecule has 0 aliphatic heterocycles. The van der Waals surface area contributed by atoms with Crippen molar-refractivity contribution < 1.29 is 14.6 Å². The van der Waals surface area contributed by atoms with Crippen LogP contribution in [0.25, 0.3) is 0 Å². The van der Waals surface area contributed by atoms with Crippen LogP contribution in [0.2, 0.25) is 5.02 Å². The standard InChI is InChI=1S/C13H13ClN2O3S/c1-3-7-6-20-13(15-7)16-10-5-11(19-2)8(12(17)18)4-9(10)14/h4-6H,3H2,1-2H3,(H,15,16)(H,17,18). The van der Waals surface area contributed by atoms with Gasteiger partial charge in [0.1, 0.15) is 11.3 Å². The van der Waals surface area contributed by atoms with Gasteiger partial charge in [0, 0.05) is 11.4 Å². The van der Waals surface area contributed by atoms with Gasteiger partial charge in [-0.25, -0.2) is 9.78 Å². The van der Waals surface area contributed by atoms with E-state index in [-0.39, 0.29) is 11.3 Å². The molecule has 5 nitrogen and oxygen atoms in total. The largest absolute Gasteiger partial charge is 0.496 e. The maximum atomic E-state index is 11.1. The molecule has 0 bridgehead atoms. The summed E-state index contributed by atoms with van der Waals surface area (Å²) in [5.74, 6) is -0.838. The highest BCUT2D eigenvalue weighted by molar-refractivity contribution is 7.13. The summed E-state index contributed by atoms with van der Waals surface area (Å²) < 4.78 is 5.07. The van der Waals surface area contributed by atoms with E-state index < -0.39 is 5.97 Å². The Morgan fingerprint density at radius 1 is 1.55 bits per heavy atom. The molecule has 0 radical (unpaired) electrons. The van der Waals surface area contributed by atoms with Crippen LogP contribution in [0.15, 0.2) is 17.5 Å². The Balaban J connectivity index is 2.34. The number of nitrogens with zero attached hydrogens (tertiary/aromatic N) is 1. The zero-order valence-electron chi connectivity index (χ0n) is 10.9. The summed E-state index contributed by atoms with van der Waals surface area (Å²) >= 11 is 7.55. The van der Waals surface area contributed by atoms with Crippen LogP contribution in [0, 0.1) is 0 Å². The zero-order chi connectivity index (χ0) is 14.7. The quantitative estimate of drug-likeness (QED) is 0.878. The number of aryl methyl sites for hydroxylation is 1. The molecule has 0 amide bonds. The fraction of sp³-hybridized carbons (Fsp3) is 0.231. The molecule has 1 aromatic heterocycles. The summed E-state index contributed by atoms with van der Waals surface area (Å²) in [6.07, 6.45) is 0.854. The van der Waals surface area contributed by atoms with Crippen LogP contribution >= 0.6 is 22.9 Å². The maximum absolute atomic E-state index is 11.1. The SMILES string of the molecule is CCc1csc(Nc2cc(OC)c(C(=O)O)cc2Cl)n1. The highest BCUT2D eigenvalue weighted by atomic mass is 35.5. The lowest BCUT2D eigenvalue weighted by atomic mass is 10.2. The molecule has 2 N–H and O–H groups in total. The molecule has 1 heterocycles. The van der Waals surface area contributed by atoms with Crippen LogP contribution in [0.5, 0.6) is 5.75 Å². The monoisotopic (exact) mass is 312 g/mol. The van der Waals surface area contributed by atoms with Crippen LogP contribution in [-0.4, -0.2) is 23.2 Å². The molecule has 20 heavy (non-hydrogen) atoms. The Morgan fingerprint density at radius 3 is 2.85 bits per heavy atom. The third-order valence-corrected chi connectivity index (χ3v) is 3.79. The predicted octanol–water partition coefficient (Wildman–Crippen LogP) is 3.81. The van der Waals surface area contributed by atoms with Crippen molar-refractivity contribution in [1.29, 1.82) is 0 Å². The Morgan fingerprint density at radius 2 is 2.30 bits per heavy atom. The number of aromatic carboxylic acids is 1. The average molecular weight is 313 g/mol. The average Bonchev–Trinajstić information content (AvgIpc) is 2.88. The van der Waals surface area contributed by atoms with Gasteiger partial charge in [0.2, 0.25) is 0 Å². The second-order valence-electron chi connectivity index (χ2n) is 3.96. The topological polar surface area (TPSA) is 71.5 Å². The number of methoxy groups -OCH3 is 1. The second kappa shape index (κ2) is 6.11. The van der Waals surface area contributed by atoms with E-state index in [9.17, 15) is 4.79 Å². The number of rotatable bonds is 5. The fourth-order valence-electron chi connectivity index (χ4n) is 1.63. The highest BCUT2D eigenvalue weighted by Crippen LogP contribution is 2.33. The van der Waals surface area contributed by atoms with Gasteiger partial charge in [-0.3, -0.25) is 0 Å². The van der Waals surface area contributed by atoms with E-state index in [0.717, 1.165) is 12.1 Å².